The zero-order valence-corrected chi connectivity index (χ0v) is 10.6. The number of carbonyl (C=O) groups excluding carboxylic acids is 1. The number of hydrogen-bond donors (Lipinski definition) is 2. The van der Waals surface area contributed by atoms with Crippen LogP contribution in [0.5, 0.6) is 0 Å². The molecule has 2 rings (SSSR count). The molecule has 0 saturated carbocycles. The van der Waals surface area contributed by atoms with Crippen LogP contribution < -0.4 is 10.6 Å². The van der Waals surface area contributed by atoms with E-state index < -0.39 is 0 Å². The predicted molar refractivity (Wildman–Crippen MR) is 64.9 cm³/mol. The lowest BCUT2D eigenvalue weighted by Crippen LogP contribution is -2.55. The van der Waals surface area contributed by atoms with Gasteiger partial charge in [0.1, 0.15) is 0 Å². The summed E-state index contributed by atoms with van der Waals surface area (Å²) in [6, 6.07) is 0.225. The quantitative estimate of drug-likeness (QED) is 0.779. The lowest BCUT2D eigenvalue weighted by molar-refractivity contribution is -0.128. The van der Waals surface area contributed by atoms with E-state index in [9.17, 15) is 4.79 Å². The maximum absolute atomic E-state index is 12.1. The van der Waals surface area contributed by atoms with Crippen LogP contribution in [0.1, 0.15) is 32.6 Å². The van der Waals surface area contributed by atoms with Crippen LogP contribution in [0.25, 0.3) is 0 Å². The number of rotatable bonds is 3. The molecule has 5 heteroatoms. The predicted octanol–water partition coefficient (Wildman–Crippen LogP) is 0.845. The first-order chi connectivity index (χ1) is 7.27. The fraction of sp³-hybridized carbons (Fsp3) is 0.909. The van der Waals surface area contributed by atoms with Crippen LogP contribution in [0.15, 0.2) is 0 Å². The summed E-state index contributed by atoms with van der Waals surface area (Å²) in [7, 11) is 0. The van der Waals surface area contributed by atoms with Gasteiger partial charge >= 0.3 is 0 Å². The van der Waals surface area contributed by atoms with Crippen molar-refractivity contribution in [2.45, 2.75) is 44.2 Å². The third-order valence-corrected chi connectivity index (χ3v) is 3.55. The van der Waals surface area contributed by atoms with E-state index in [-0.39, 0.29) is 29.9 Å². The molecule has 2 aliphatic heterocycles. The summed E-state index contributed by atoms with van der Waals surface area (Å²) < 4.78 is 5.25. The lowest BCUT2D eigenvalue weighted by atomic mass is 9.93. The second kappa shape index (κ2) is 5.84. The highest BCUT2D eigenvalue weighted by Crippen LogP contribution is 2.23. The monoisotopic (exact) mass is 248 g/mol. The minimum atomic E-state index is -0.303. The molecule has 2 saturated heterocycles. The Balaban J connectivity index is 0.00000128. The van der Waals surface area contributed by atoms with Crippen LogP contribution in [0, 0.1) is 0 Å². The van der Waals surface area contributed by atoms with Crippen LogP contribution in [0.4, 0.5) is 0 Å². The maximum atomic E-state index is 12.1. The van der Waals surface area contributed by atoms with Crippen molar-refractivity contribution in [1.29, 1.82) is 0 Å². The first-order valence-electron chi connectivity index (χ1n) is 5.90. The van der Waals surface area contributed by atoms with Crippen molar-refractivity contribution < 1.29 is 9.53 Å². The largest absolute Gasteiger partial charge is 0.379 e. The third-order valence-electron chi connectivity index (χ3n) is 3.55. The Bertz CT molecular complexity index is 236. The fourth-order valence-electron chi connectivity index (χ4n) is 2.43. The second-order valence-electron chi connectivity index (χ2n) is 4.50. The van der Waals surface area contributed by atoms with Gasteiger partial charge in [0.15, 0.2) is 0 Å². The Morgan fingerprint density at radius 3 is 2.94 bits per heavy atom. The fourth-order valence-corrected chi connectivity index (χ4v) is 2.43. The molecule has 2 aliphatic rings. The van der Waals surface area contributed by atoms with Crippen molar-refractivity contribution in [3.8, 4) is 0 Å². The van der Waals surface area contributed by atoms with E-state index in [1.165, 1.54) is 0 Å². The van der Waals surface area contributed by atoms with Gasteiger partial charge in [-0.25, -0.2) is 0 Å². The van der Waals surface area contributed by atoms with Gasteiger partial charge < -0.3 is 15.4 Å². The van der Waals surface area contributed by atoms with E-state index in [0.29, 0.717) is 6.61 Å². The number of nitrogens with one attached hydrogen (secondary N) is 2. The van der Waals surface area contributed by atoms with E-state index >= 15 is 0 Å². The normalized spacial score (nSPS) is 33.4. The molecule has 2 heterocycles. The molecule has 0 aromatic heterocycles. The van der Waals surface area contributed by atoms with Crippen LogP contribution in [-0.4, -0.2) is 37.2 Å². The summed E-state index contributed by atoms with van der Waals surface area (Å²) >= 11 is 0. The summed E-state index contributed by atoms with van der Waals surface area (Å²) in [6.07, 6.45) is 3.88. The van der Waals surface area contributed by atoms with E-state index in [4.69, 9.17) is 4.74 Å². The number of hydrogen-bond acceptors (Lipinski definition) is 3. The Morgan fingerprint density at radius 1 is 1.62 bits per heavy atom. The Kier molecular flexibility index (Phi) is 5.02. The van der Waals surface area contributed by atoms with Gasteiger partial charge in [-0.05, 0) is 32.2 Å². The summed E-state index contributed by atoms with van der Waals surface area (Å²) in [5.74, 6) is 0.165. The van der Waals surface area contributed by atoms with Gasteiger partial charge in [-0.15, -0.1) is 12.4 Å². The molecule has 0 bridgehead atoms. The van der Waals surface area contributed by atoms with Crippen molar-refractivity contribution in [3.05, 3.63) is 0 Å². The second-order valence-corrected chi connectivity index (χ2v) is 4.50. The van der Waals surface area contributed by atoms with Crippen molar-refractivity contribution in [1.82, 2.24) is 10.6 Å². The zero-order chi connectivity index (χ0) is 10.7. The zero-order valence-electron chi connectivity index (χ0n) is 9.75. The lowest BCUT2D eigenvalue weighted by Gasteiger charge is -2.28. The van der Waals surface area contributed by atoms with E-state index in [1.54, 1.807) is 0 Å². The molecule has 1 amide bonds. The average Bonchev–Trinajstić information content (AvgIpc) is 2.87. The minimum absolute atomic E-state index is 0. The summed E-state index contributed by atoms with van der Waals surface area (Å²) in [5.41, 5.74) is -0.303. The van der Waals surface area contributed by atoms with Gasteiger partial charge in [-0.1, -0.05) is 6.92 Å². The molecule has 4 nitrogen and oxygen atoms in total. The standard InChI is InChI=1S/C11H20N2O2.ClH/c1-2-11(5-3-6-12-11)10(14)13-9-4-7-15-8-9;/h9,12H,2-8H2,1H3,(H,13,14);1H. The van der Waals surface area contributed by atoms with E-state index in [2.05, 4.69) is 17.6 Å². The van der Waals surface area contributed by atoms with Gasteiger partial charge in [0, 0.05) is 6.61 Å². The molecule has 2 N–H and O–H groups in total. The van der Waals surface area contributed by atoms with Gasteiger partial charge in [0.05, 0.1) is 18.2 Å². The third kappa shape index (κ3) is 2.67. The topological polar surface area (TPSA) is 50.4 Å². The van der Waals surface area contributed by atoms with Crippen molar-refractivity contribution in [2.75, 3.05) is 19.8 Å². The van der Waals surface area contributed by atoms with Crippen LogP contribution >= 0.6 is 12.4 Å². The number of ether oxygens (including phenoxy) is 1. The van der Waals surface area contributed by atoms with Gasteiger partial charge in [-0.3, -0.25) is 4.79 Å². The van der Waals surface area contributed by atoms with Gasteiger partial charge in [0.2, 0.25) is 5.91 Å². The molecular formula is C11H21ClN2O2. The van der Waals surface area contributed by atoms with E-state index in [1.807, 2.05) is 0 Å². The molecule has 0 spiro atoms. The average molecular weight is 249 g/mol. The first-order valence-corrected chi connectivity index (χ1v) is 5.90. The molecule has 2 atom stereocenters. The van der Waals surface area contributed by atoms with Crippen molar-refractivity contribution >= 4 is 18.3 Å². The molecular weight excluding hydrogens is 228 g/mol. The summed E-state index contributed by atoms with van der Waals surface area (Å²) in [4.78, 5) is 12.1. The van der Waals surface area contributed by atoms with Crippen molar-refractivity contribution in [2.24, 2.45) is 0 Å². The Morgan fingerprint density at radius 2 is 2.44 bits per heavy atom. The van der Waals surface area contributed by atoms with Crippen LogP contribution in [0.2, 0.25) is 0 Å². The highest BCUT2D eigenvalue weighted by Gasteiger charge is 2.40. The molecule has 94 valence electrons. The summed E-state index contributed by atoms with van der Waals surface area (Å²) in [6.45, 7) is 4.48. The van der Waals surface area contributed by atoms with Crippen LogP contribution in [0.3, 0.4) is 0 Å². The molecule has 0 aromatic carbocycles. The number of halogens is 1. The maximum Gasteiger partial charge on any atom is 0.240 e. The minimum Gasteiger partial charge on any atom is -0.379 e. The molecule has 2 unspecified atom stereocenters. The number of amides is 1. The van der Waals surface area contributed by atoms with Crippen LogP contribution in [-0.2, 0) is 9.53 Å². The van der Waals surface area contributed by atoms with Gasteiger partial charge in [0.25, 0.3) is 0 Å². The molecule has 0 aromatic rings. The molecule has 16 heavy (non-hydrogen) atoms. The summed E-state index contributed by atoms with van der Waals surface area (Å²) in [5, 5.41) is 6.43. The van der Waals surface area contributed by atoms with E-state index in [0.717, 1.165) is 38.8 Å². The SMILES string of the molecule is CCC1(C(=O)NC2CCOC2)CCCN1.Cl. The Labute approximate surface area is 103 Å². The first kappa shape index (κ1) is 13.7. The molecule has 0 aliphatic carbocycles. The molecule has 0 radical (unpaired) electrons. The highest BCUT2D eigenvalue weighted by atomic mass is 35.5. The van der Waals surface area contributed by atoms with Gasteiger partial charge in [-0.2, -0.15) is 0 Å². The Hall–Kier alpha value is -0.320. The van der Waals surface area contributed by atoms with Crippen molar-refractivity contribution in [3.63, 3.8) is 0 Å². The highest BCUT2D eigenvalue weighted by molar-refractivity contribution is 5.87. The molecule has 2 fully saturated rings. The smallest absolute Gasteiger partial charge is 0.240 e. The number of carbonyl (C=O) groups is 1.